The lowest BCUT2D eigenvalue weighted by Crippen LogP contribution is -2.61. The van der Waals surface area contributed by atoms with Crippen molar-refractivity contribution in [3.63, 3.8) is 0 Å². The highest BCUT2D eigenvalue weighted by molar-refractivity contribution is 5.97. The molecule has 0 saturated carbocycles. The molecule has 7 heteroatoms. The minimum atomic E-state index is -0.853. The number of aliphatic hydroxyl groups excluding tert-OH is 1. The van der Waals surface area contributed by atoms with E-state index in [2.05, 4.69) is 10.6 Å². The molecule has 2 atom stereocenters. The lowest BCUT2D eigenvalue weighted by Gasteiger charge is -2.43. The van der Waals surface area contributed by atoms with Gasteiger partial charge in [-0.2, -0.15) is 0 Å². The number of ether oxygens (including phenoxy) is 2. The van der Waals surface area contributed by atoms with Gasteiger partial charge >= 0.3 is 0 Å². The first-order valence-electron chi connectivity index (χ1n) is 8.59. The average Bonchev–Trinajstić information content (AvgIpc) is 2.69. The standard InChI is InChI=1S/C20H24N2O4.ClH/c1-25-15-8-9-16(17(12-15)26-2)19(24)22-20(10-11-21-13-18(20)23)14-6-4-3-5-7-14;/h3-9,12,18,21,23H,10-11,13H2,1-2H3,(H,22,24);1H/t18-,20-;/m1./s1. The molecule has 1 fully saturated rings. The van der Waals surface area contributed by atoms with Crippen LogP contribution in [0.3, 0.4) is 0 Å². The van der Waals surface area contributed by atoms with Gasteiger partial charge in [0.15, 0.2) is 0 Å². The second kappa shape index (κ2) is 9.08. The van der Waals surface area contributed by atoms with Gasteiger partial charge in [0.05, 0.1) is 31.4 Å². The van der Waals surface area contributed by atoms with Gasteiger partial charge in [0, 0.05) is 12.6 Å². The van der Waals surface area contributed by atoms with E-state index in [1.807, 2.05) is 30.3 Å². The summed E-state index contributed by atoms with van der Waals surface area (Å²) in [7, 11) is 3.07. The van der Waals surface area contributed by atoms with Crippen molar-refractivity contribution in [1.82, 2.24) is 10.6 Å². The van der Waals surface area contributed by atoms with Crippen molar-refractivity contribution in [3.8, 4) is 11.5 Å². The zero-order valence-electron chi connectivity index (χ0n) is 15.4. The topological polar surface area (TPSA) is 79.8 Å². The van der Waals surface area contributed by atoms with Gasteiger partial charge < -0.3 is 25.2 Å². The number of piperidine rings is 1. The molecule has 27 heavy (non-hydrogen) atoms. The fourth-order valence-corrected chi connectivity index (χ4v) is 3.41. The number of carbonyl (C=O) groups is 1. The van der Waals surface area contributed by atoms with Crippen molar-refractivity contribution in [2.24, 2.45) is 0 Å². The molecule has 1 saturated heterocycles. The number of rotatable bonds is 5. The molecule has 0 spiro atoms. The molecule has 0 unspecified atom stereocenters. The van der Waals surface area contributed by atoms with Crippen molar-refractivity contribution in [2.75, 3.05) is 27.3 Å². The smallest absolute Gasteiger partial charge is 0.255 e. The maximum Gasteiger partial charge on any atom is 0.255 e. The van der Waals surface area contributed by atoms with E-state index in [9.17, 15) is 9.90 Å². The maximum atomic E-state index is 13.1. The van der Waals surface area contributed by atoms with Crippen molar-refractivity contribution in [3.05, 3.63) is 59.7 Å². The average molecular weight is 393 g/mol. The van der Waals surface area contributed by atoms with Crippen LogP contribution in [0.2, 0.25) is 0 Å². The van der Waals surface area contributed by atoms with Crippen molar-refractivity contribution < 1.29 is 19.4 Å². The zero-order chi connectivity index (χ0) is 18.6. The molecule has 0 aromatic heterocycles. The van der Waals surface area contributed by atoms with E-state index in [1.54, 1.807) is 25.3 Å². The van der Waals surface area contributed by atoms with Crippen LogP contribution in [-0.4, -0.2) is 44.4 Å². The molecule has 0 aliphatic carbocycles. The molecule has 0 radical (unpaired) electrons. The Kier molecular flexibility index (Phi) is 7.07. The molecule has 146 valence electrons. The third-order valence-electron chi connectivity index (χ3n) is 4.88. The van der Waals surface area contributed by atoms with Crippen molar-refractivity contribution in [2.45, 2.75) is 18.1 Å². The van der Waals surface area contributed by atoms with Gasteiger partial charge in [-0.25, -0.2) is 0 Å². The number of halogens is 1. The fourth-order valence-electron chi connectivity index (χ4n) is 3.41. The Bertz CT molecular complexity index is 772. The molecule has 3 rings (SSSR count). The van der Waals surface area contributed by atoms with E-state index in [4.69, 9.17) is 9.47 Å². The number of carbonyl (C=O) groups excluding carboxylic acids is 1. The second-order valence-corrected chi connectivity index (χ2v) is 6.33. The van der Waals surface area contributed by atoms with E-state index in [-0.39, 0.29) is 18.3 Å². The van der Waals surface area contributed by atoms with Crippen LogP contribution in [0.1, 0.15) is 22.3 Å². The summed E-state index contributed by atoms with van der Waals surface area (Å²) in [6.45, 7) is 1.11. The minimum absolute atomic E-state index is 0. The first-order chi connectivity index (χ1) is 12.6. The van der Waals surface area contributed by atoms with E-state index >= 15 is 0 Å². The number of nitrogens with one attached hydrogen (secondary N) is 2. The third-order valence-corrected chi connectivity index (χ3v) is 4.88. The minimum Gasteiger partial charge on any atom is -0.497 e. The van der Waals surface area contributed by atoms with E-state index in [0.717, 1.165) is 5.56 Å². The molecule has 1 amide bonds. The van der Waals surface area contributed by atoms with Gasteiger partial charge in [0.2, 0.25) is 0 Å². The number of methoxy groups -OCH3 is 2. The lowest BCUT2D eigenvalue weighted by molar-refractivity contribution is 0.0288. The highest BCUT2D eigenvalue weighted by Gasteiger charge is 2.43. The lowest BCUT2D eigenvalue weighted by atomic mass is 9.79. The monoisotopic (exact) mass is 392 g/mol. The van der Waals surface area contributed by atoms with E-state index in [0.29, 0.717) is 36.6 Å². The predicted octanol–water partition coefficient (Wildman–Crippen LogP) is 2.11. The number of amides is 1. The highest BCUT2D eigenvalue weighted by Crippen LogP contribution is 2.33. The Balaban J connectivity index is 0.00000261. The Morgan fingerprint density at radius 3 is 2.56 bits per heavy atom. The van der Waals surface area contributed by atoms with Crippen LogP contribution in [0.25, 0.3) is 0 Å². The molecule has 2 aromatic rings. The van der Waals surface area contributed by atoms with Gasteiger partial charge in [-0.05, 0) is 30.7 Å². The summed E-state index contributed by atoms with van der Waals surface area (Å²) in [5.74, 6) is 0.737. The summed E-state index contributed by atoms with van der Waals surface area (Å²) in [6, 6.07) is 14.6. The van der Waals surface area contributed by atoms with Crippen LogP contribution in [0.5, 0.6) is 11.5 Å². The van der Waals surface area contributed by atoms with Crippen molar-refractivity contribution >= 4 is 18.3 Å². The van der Waals surface area contributed by atoms with Crippen LogP contribution >= 0.6 is 12.4 Å². The number of hydrogen-bond donors (Lipinski definition) is 3. The number of β-amino-alcohol motifs (C(OH)–C–C–N with tert-alkyl or cyclic N) is 1. The Labute approximate surface area is 165 Å². The van der Waals surface area contributed by atoms with Crippen LogP contribution in [-0.2, 0) is 5.54 Å². The predicted molar refractivity (Wildman–Crippen MR) is 106 cm³/mol. The summed E-state index contributed by atoms with van der Waals surface area (Å²) >= 11 is 0. The molecule has 3 N–H and O–H groups in total. The zero-order valence-corrected chi connectivity index (χ0v) is 16.2. The van der Waals surface area contributed by atoms with E-state index < -0.39 is 11.6 Å². The third kappa shape index (κ3) is 4.18. The fraction of sp³-hybridized carbons (Fsp3) is 0.350. The van der Waals surface area contributed by atoms with Crippen LogP contribution in [0, 0.1) is 0 Å². The molecular formula is C20H25ClN2O4. The molecule has 1 aliphatic rings. The molecule has 2 aromatic carbocycles. The van der Waals surface area contributed by atoms with Gasteiger partial charge in [-0.1, -0.05) is 30.3 Å². The summed E-state index contributed by atoms with van der Waals surface area (Å²) < 4.78 is 10.5. The summed E-state index contributed by atoms with van der Waals surface area (Å²) in [5.41, 5.74) is 0.429. The van der Waals surface area contributed by atoms with Gasteiger partial charge in [-0.3, -0.25) is 4.79 Å². The SMILES string of the molecule is COc1ccc(C(=O)N[C@@]2(c3ccccc3)CCNC[C@H]2O)c(OC)c1.Cl. The first kappa shape index (κ1) is 21.0. The highest BCUT2D eigenvalue weighted by atomic mass is 35.5. The Hall–Kier alpha value is -2.28. The van der Waals surface area contributed by atoms with Gasteiger partial charge in [0.1, 0.15) is 11.5 Å². The number of benzene rings is 2. The quantitative estimate of drug-likeness (QED) is 0.726. The molecule has 1 aliphatic heterocycles. The Morgan fingerprint density at radius 1 is 1.19 bits per heavy atom. The summed E-state index contributed by atoms with van der Waals surface area (Å²) in [5, 5.41) is 17.0. The molecule has 0 bridgehead atoms. The molecular weight excluding hydrogens is 368 g/mol. The number of aliphatic hydroxyl groups is 1. The van der Waals surface area contributed by atoms with E-state index in [1.165, 1.54) is 7.11 Å². The van der Waals surface area contributed by atoms with Gasteiger partial charge in [0.25, 0.3) is 5.91 Å². The Morgan fingerprint density at radius 2 is 1.93 bits per heavy atom. The second-order valence-electron chi connectivity index (χ2n) is 6.33. The summed E-state index contributed by atoms with van der Waals surface area (Å²) in [4.78, 5) is 13.1. The molecule has 6 nitrogen and oxygen atoms in total. The van der Waals surface area contributed by atoms with Crippen LogP contribution < -0.4 is 20.1 Å². The normalized spacial score (nSPS) is 21.7. The maximum absolute atomic E-state index is 13.1. The van der Waals surface area contributed by atoms with Gasteiger partial charge in [-0.15, -0.1) is 12.4 Å². The van der Waals surface area contributed by atoms with Crippen molar-refractivity contribution in [1.29, 1.82) is 0 Å². The number of hydrogen-bond acceptors (Lipinski definition) is 5. The first-order valence-corrected chi connectivity index (χ1v) is 8.59. The molecule has 1 heterocycles. The van der Waals surface area contributed by atoms with Crippen LogP contribution in [0.4, 0.5) is 0 Å². The van der Waals surface area contributed by atoms with Crippen LogP contribution in [0.15, 0.2) is 48.5 Å². The largest absolute Gasteiger partial charge is 0.497 e. The summed E-state index contributed by atoms with van der Waals surface area (Å²) in [6.07, 6.45) is -0.158.